The highest BCUT2D eigenvalue weighted by Gasteiger charge is 2.39. The number of anilines is 1. The van der Waals surface area contributed by atoms with Crippen molar-refractivity contribution in [3.63, 3.8) is 0 Å². The first-order valence-corrected chi connectivity index (χ1v) is 10.4. The van der Waals surface area contributed by atoms with E-state index in [1.807, 2.05) is 0 Å². The number of hydrogen-bond acceptors (Lipinski definition) is 4. The monoisotopic (exact) mass is 417 g/mol. The number of β-amino-alcohol motifs (C(OH)–C–C–N with tert-alkyl or cyclic N) is 1. The van der Waals surface area contributed by atoms with Gasteiger partial charge in [-0.3, -0.25) is 9.69 Å². The van der Waals surface area contributed by atoms with Gasteiger partial charge in [0.25, 0.3) is 5.91 Å². The number of likely N-dealkylation sites (tertiary alicyclic amines) is 2. The van der Waals surface area contributed by atoms with Gasteiger partial charge in [0.2, 0.25) is 0 Å². The summed E-state index contributed by atoms with van der Waals surface area (Å²) in [5.74, 6) is -0.311. The number of hydrogen-bond donors (Lipinski definition) is 2. The highest BCUT2D eigenvalue weighted by Crippen LogP contribution is 2.24. The molecular formula is C22H25ClFN3O2. The first-order valence-electron chi connectivity index (χ1n) is 9.98. The van der Waals surface area contributed by atoms with E-state index in [-0.39, 0.29) is 17.8 Å². The second-order valence-corrected chi connectivity index (χ2v) is 8.25. The molecule has 2 aromatic carbocycles. The van der Waals surface area contributed by atoms with Crippen LogP contribution in [0, 0.1) is 5.82 Å². The van der Waals surface area contributed by atoms with E-state index in [1.54, 1.807) is 41.3 Å². The maximum atomic E-state index is 13.0. The van der Waals surface area contributed by atoms with Crippen molar-refractivity contribution in [2.45, 2.75) is 31.0 Å². The summed E-state index contributed by atoms with van der Waals surface area (Å²) in [4.78, 5) is 16.7. The van der Waals surface area contributed by atoms with Crippen molar-refractivity contribution in [3.8, 4) is 0 Å². The number of aliphatic hydroxyl groups is 1. The van der Waals surface area contributed by atoms with E-state index in [4.69, 9.17) is 11.6 Å². The van der Waals surface area contributed by atoms with Crippen LogP contribution in [-0.2, 0) is 0 Å². The fourth-order valence-corrected chi connectivity index (χ4v) is 4.35. The SMILES string of the molecule is O=C(c1ccc(Cl)cc1)N1CC(O)C(N2CCC(Nc3ccc(F)cc3)CC2)C1. The van der Waals surface area contributed by atoms with Crippen LogP contribution >= 0.6 is 11.6 Å². The van der Waals surface area contributed by atoms with Crippen molar-refractivity contribution in [1.29, 1.82) is 0 Å². The topological polar surface area (TPSA) is 55.8 Å². The van der Waals surface area contributed by atoms with Crippen LogP contribution in [0.5, 0.6) is 0 Å². The first kappa shape index (κ1) is 20.1. The Morgan fingerprint density at radius 1 is 1.03 bits per heavy atom. The molecule has 2 aliphatic heterocycles. The van der Waals surface area contributed by atoms with Crippen LogP contribution in [0.4, 0.5) is 10.1 Å². The number of benzene rings is 2. The van der Waals surface area contributed by atoms with Gasteiger partial charge in [-0.2, -0.15) is 0 Å². The van der Waals surface area contributed by atoms with Crippen LogP contribution in [-0.4, -0.2) is 65.2 Å². The largest absolute Gasteiger partial charge is 0.390 e. The smallest absolute Gasteiger partial charge is 0.253 e. The van der Waals surface area contributed by atoms with E-state index < -0.39 is 6.10 Å². The number of piperidine rings is 1. The number of rotatable bonds is 4. The third-order valence-electron chi connectivity index (χ3n) is 5.85. The zero-order valence-electron chi connectivity index (χ0n) is 16.1. The van der Waals surface area contributed by atoms with Gasteiger partial charge in [0, 0.05) is 48.5 Å². The van der Waals surface area contributed by atoms with E-state index in [1.165, 1.54) is 12.1 Å². The molecule has 29 heavy (non-hydrogen) atoms. The standard InChI is InChI=1S/C22H25ClFN3O2/c23-16-3-1-15(2-4-16)22(29)27-13-20(21(28)14-27)26-11-9-19(10-12-26)25-18-7-5-17(24)6-8-18/h1-8,19-21,25,28H,9-14H2. The van der Waals surface area contributed by atoms with Gasteiger partial charge in [0.1, 0.15) is 5.82 Å². The van der Waals surface area contributed by atoms with Crippen molar-refractivity contribution >= 4 is 23.2 Å². The van der Waals surface area contributed by atoms with Gasteiger partial charge in [-0.1, -0.05) is 11.6 Å². The summed E-state index contributed by atoms with van der Waals surface area (Å²) >= 11 is 5.90. The van der Waals surface area contributed by atoms with Gasteiger partial charge in [-0.05, 0) is 61.4 Å². The second kappa shape index (κ2) is 8.69. The highest BCUT2D eigenvalue weighted by atomic mass is 35.5. The van der Waals surface area contributed by atoms with Gasteiger partial charge < -0.3 is 15.3 Å². The summed E-state index contributed by atoms with van der Waals surface area (Å²) in [6.45, 7) is 2.58. The summed E-state index contributed by atoms with van der Waals surface area (Å²) in [5.41, 5.74) is 1.51. The van der Waals surface area contributed by atoms with Gasteiger partial charge in [-0.25, -0.2) is 4.39 Å². The van der Waals surface area contributed by atoms with Crippen molar-refractivity contribution < 1.29 is 14.3 Å². The Bertz CT molecular complexity index is 838. The fraction of sp³-hybridized carbons (Fsp3) is 0.409. The molecule has 0 bridgehead atoms. The Hall–Kier alpha value is -2.15. The molecule has 154 valence electrons. The molecule has 2 unspecified atom stereocenters. The summed E-state index contributed by atoms with van der Waals surface area (Å²) < 4.78 is 13.0. The van der Waals surface area contributed by atoms with Crippen LogP contribution in [0.3, 0.4) is 0 Å². The number of carbonyl (C=O) groups excluding carboxylic acids is 1. The predicted molar refractivity (Wildman–Crippen MR) is 112 cm³/mol. The summed E-state index contributed by atoms with van der Waals surface area (Å²) in [6, 6.07) is 13.5. The number of amides is 1. The predicted octanol–water partition coefficient (Wildman–Crippen LogP) is 3.24. The Labute approximate surface area is 175 Å². The van der Waals surface area contributed by atoms with Crippen LogP contribution in [0.1, 0.15) is 23.2 Å². The minimum Gasteiger partial charge on any atom is -0.390 e. The Balaban J connectivity index is 1.31. The van der Waals surface area contributed by atoms with Crippen LogP contribution in [0.25, 0.3) is 0 Å². The third kappa shape index (κ3) is 4.71. The molecule has 2 atom stereocenters. The first-order chi connectivity index (χ1) is 14.0. The summed E-state index contributed by atoms with van der Waals surface area (Å²) in [7, 11) is 0. The van der Waals surface area contributed by atoms with Crippen LogP contribution in [0.15, 0.2) is 48.5 Å². The molecular weight excluding hydrogens is 393 g/mol. The Morgan fingerprint density at radius 3 is 2.34 bits per heavy atom. The third-order valence-corrected chi connectivity index (χ3v) is 6.10. The lowest BCUT2D eigenvalue weighted by molar-refractivity contribution is 0.0681. The van der Waals surface area contributed by atoms with E-state index >= 15 is 0 Å². The molecule has 2 fully saturated rings. The Morgan fingerprint density at radius 2 is 1.69 bits per heavy atom. The lowest BCUT2D eigenvalue weighted by Crippen LogP contribution is -2.49. The van der Waals surface area contributed by atoms with Crippen LogP contribution < -0.4 is 5.32 Å². The lowest BCUT2D eigenvalue weighted by atomic mass is 10.0. The van der Waals surface area contributed by atoms with Crippen molar-refractivity contribution in [3.05, 3.63) is 64.9 Å². The minimum atomic E-state index is -0.548. The van der Waals surface area contributed by atoms with Crippen molar-refractivity contribution in [1.82, 2.24) is 9.80 Å². The second-order valence-electron chi connectivity index (χ2n) is 7.81. The molecule has 5 nitrogen and oxygen atoms in total. The van der Waals surface area contributed by atoms with Crippen molar-refractivity contribution in [2.24, 2.45) is 0 Å². The number of aliphatic hydroxyl groups excluding tert-OH is 1. The molecule has 1 amide bonds. The number of halogens is 2. The number of carbonyl (C=O) groups is 1. The molecule has 2 heterocycles. The minimum absolute atomic E-state index is 0.0435. The zero-order chi connectivity index (χ0) is 20.4. The Kier molecular flexibility index (Phi) is 6.04. The van der Waals surface area contributed by atoms with Gasteiger partial charge >= 0.3 is 0 Å². The highest BCUT2D eigenvalue weighted by molar-refractivity contribution is 6.30. The van der Waals surface area contributed by atoms with Gasteiger partial charge in [-0.15, -0.1) is 0 Å². The molecule has 2 saturated heterocycles. The molecule has 4 rings (SSSR count). The number of nitrogens with zero attached hydrogens (tertiary/aromatic N) is 2. The molecule has 2 aromatic rings. The fourth-order valence-electron chi connectivity index (χ4n) is 4.23. The maximum Gasteiger partial charge on any atom is 0.253 e. The quantitative estimate of drug-likeness (QED) is 0.801. The molecule has 2 aliphatic rings. The molecule has 0 saturated carbocycles. The maximum absolute atomic E-state index is 13.0. The molecule has 2 N–H and O–H groups in total. The van der Waals surface area contributed by atoms with Crippen LogP contribution in [0.2, 0.25) is 5.02 Å². The average molecular weight is 418 g/mol. The molecule has 0 spiro atoms. The normalized spacial score (nSPS) is 23.3. The van der Waals surface area contributed by atoms with E-state index in [9.17, 15) is 14.3 Å². The van der Waals surface area contributed by atoms with Gasteiger partial charge in [0.15, 0.2) is 0 Å². The summed E-state index contributed by atoms with van der Waals surface area (Å²) in [6.07, 6.45) is 1.32. The summed E-state index contributed by atoms with van der Waals surface area (Å²) in [5, 5.41) is 14.6. The molecule has 7 heteroatoms. The lowest BCUT2D eigenvalue weighted by Gasteiger charge is -2.37. The van der Waals surface area contributed by atoms with Gasteiger partial charge in [0.05, 0.1) is 12.1 Å². The van der Waals surface area contributed by atoms with E-state index in [0.717, 1.165) is 31.6 Å². The number of nitrogens with one attached hydrogen (secondary N) is 1. The zero-order valence-corrected chi connectivity index (χ0v) is 16.9. The molecule has 0 radical (unpaired) electrons. The van der Waals surface area contributed by atoms with Crippen molar-refractivity contribution in [2.75, 3.05) is 31.5 Å². The average Bonchev–Trinajstić information content (AvgIpc) is 3.12. The molecule has 0 aromatic heterocycles. The molecule has 0 aliphatic carbocycles. The van der Waals surface area contributed by atoms with E-state index in [0.29, 0.717) is 29.7 Å². The van der Waals surface area contributed by atoms with E-state index in [2.05, 4.69) is 10.2 Å².